The van der Waals surface area contributed by atoms with Crippen LogP contribution in [-0.2, 0) is 0 Å². The van der Waals surface area contributed by atoms with Crippen molar-refractivity contribution in [2.75, 3.05) is 5.73 Å². The van der Waals surface area contributed by atoms with Crippen molar-refractivity contribution in [3.8, 4) is 11.3 Å². The van der Waals surface area contributed by atoms with Crippen LogP contribution in [0.15, 0.2) is 59.3 Å². The van der Waals surface area contributed by atoms with Crippen LogP contribution < -0.4 is 5.73 Å². The molecule has 2 aromatic carbocycles. The number of anilines is 1. The zero-order valence-electron chi connectivity index (χ0n) is 10.6. The van der Waals surface area contributed by atoms with Gasteiger partial charge in [-0.2, -0.15) is 0 Å². The molecule has 2 heterocycles. The van der Waals surface area contributed by atoms with Gasteiger partial charge < -0.3 is 10.2 Å². The highest BCUT2D eigenvalue weighted by molar-refractivity contribution is 6.06. The number of nitrogens with two attached hydrogens (primary N) is 1. The molecule has 0 saturated heterocycles. The minimum Gasteiger partial charge on any atom is -0.456 e. The average Bonchev–Trinajstić information content (AvgIpc) is 2.85. The van der Waals surface area contributed by atoms with Crippen LogP contribution in [0.4, 0.5) is 5.82 Å². The number of aromatic nitrogens is 2. The molecule has 0 amide bonds. The van der Waals surface area contributed by atoms with Gasteiger partial charge in [-0.15, -0.1) is 0 Å². The molecule has 0 aliphatic carbocycles. The highest BCUT2D eigenvalue weighted by atomic mass is 16.3. The zero-order valence-corrected chi connectivity index (χ0v) is 10.6. The van der Waals surface area contributed by atoms with E-state index in [1.54, 1.807) is 6.07 Å². The number of rotatable bonds is 1. The number of nitrogens with zero attached hydrogens (tertiary/aromatic N) is 2. The van der Waals surface area contributed by atoms with Crippen LogP contribution in [0.5, 0.6) is 0 Å². The van der Waals surface area contributed by atoms with Crippen LogP contribution in [0.25, 0.3) is 33.2 Å². The molecule has 0 aliphatic rings. The molecule has 96 valence electrons. The van der Waals surface area contributed by atoms with E-state index in [1.807, 2.05) is 30.3 Å². The van der Waals surface area contributed by atoms with E-state index in [0.717, 1.165) is 33.2 Å². The molecule has 0 saturated carbocycles. The van der Waals surface area contributed by atoms with Crippen molar-refractivity contribution < 1.29 is 4.42 Å². The second kappa shape index (κ2) is 4.06. The van der Waals surface area contributed by atoms with Gasteiger partial charge in [-0.1, -0.05) is 18.2 Å². The SMILES string of the molecule is Nc1cc(-c2ccc3oc4ccccc4c3c2)ncn1. The highest BCUT2D eigenvalue weighted by Gasteiger charge is 2.08. The Bertz CT molecular complexity index is 927. The predicted octanol–water partition coefficient (Wildman–Crippen LogP) is 3.63. The molecular weight excluding hydrogens is 250 g/mol. The number of nitrogen functional groups attached to an aromatic ring is 1. The topological polar surface area (TPSA) is 64.9 Å². The third-order valence-corrected chi connectivity index (χ3v) is 3.36. The Hall–Kier alpha value is -2.88. The van der Waals surface area contributed by atoms with Crippen LogP contribution >= 0.6 is 0 Å². The molecule has 0 spiro atoms. The first-order valence-corrected chi connectivity index (χ1v) is 6.30. The standard InChI is InChI=1S/C16H11N3O/c17-16-8-13(18-9-19-16)10-5-6-15-12(7-10)11-3-1-2-4-14(11)20-15/h1-9H,(H2,17,18,19). The van der Waals surface area contributed by atoms with E-state index in [9.17, 15) is 0 Å². The predicted molar refractivity (Wildman–Crippen MR) is 79.2 cm³/mol. The number of furan rings is 1. The van der Waals surface area contributed by atoms with E-state index in [4.69, 9.17) is 10.2 Å². The van der Waals surface area contributed by atoms with Gasteiger partial charge >= 0.3 is 0 Å². The largest absolute Gasteiger partial charge is 0.456 e. The molecule has 0 fully saturated rings. The second-order valence-electron chi connectivity index (χ2n) is 4.64. The van der Waals surface area contributed by atoms with Crippen molar-refractivity contribution in [3.05, 3.63) is 54.9 Å². The summed E-state index contributed by atoms with van der Waals surface area (Å²) in [5.74, 6) is 0.465. The molecule has 0 atom stereocenters. The lowest BCUT2D eigenvalue weighted by Crippen LogP contribution is -1.92. The summed E-state index contributed by atoms with van der Waals surface area (Å²) in [6.07, 6.45) is 1.47. The lowest BCUT2D eigenvalue weighted by molar-refractivity contribution is 0.669. The molecule has 4 heteroatoms. The van der Waals surface area contributed by atoms with E-state index < -0.39 is 0 Å². The summed E-state index contributed by atoms with van der Waals surface area (Å²) in [5.41, 5.74) is 9.28. The number of fused-ring (bicyclic) bond motifs is 3. The highest BCUT2D eigenvalue weighted by Crippen LogP contribution is 2.31. The van der Waals surface area contributed by atoms with Crippen LogP contribution in [0.1, 0.15) is 0 Å². The Kier molecular flexibility index (Phi) is 2.23. The van der Waals surface area contributed by atoms with Gasteiger partial charge in [0.05, 0.1) is 5.69 Å². The van der Waals surface area contributed by atoms with Crippen LogP contribution in [0.3, 0.4) is 0 Å². The monoisotopic (exact) mass is 261 g/mol. The van der Waals surface area contributed by atoms with Crippen molar-refractivity contribution in [1.29, 1.82) is 0 Å². The quantitative estimate of drug-likeness (QED) is 0.568. The van der Waals surface area contributed by atoms with Crippen molar-refractivity contribution in [2.45, 2.75) is 0 Å². The van der Waals surface area contributed by atoms with Gasteiger partial charge in [-0.25, -0.2) is 9.97 Å². The Morgan fingerprint density at radius 1 is 0.850 bits per heavy atom. The number of hydrogen-bond acceptors (Lipinski definition) is 4. The third-order valence-electron chi connectivity index (χ3n) is 3.36. The van der Waals surface area contributed by atoms with Gasteiger partial charge in [-0.3, -0.25) is 0 Å². The maximum Gasteiger partial charge on any atom is 0.135 e. The summed E-state index contributed by atoms with van der Waals surface area (Å²) in [6.45, 7) is 0. The average molecular weight is 261 g/mol. The minimum absolute atomic E-state index is 0.465. The van der Waals surface area contributed by atoms with E-state index in [2.05, 4.69) is 22.1 Å². The van der Waals surface area contributed by atoms with Crippen LogP contribution in [0, 0.1) is 0 Å². The van der Waals surface area contributed by atoms with Crippen molar-refractivity contribution in [3.63, 3.8) is 0 Å². The zero-order chi connectivity index (χ0) is 13.5. The summed E-state index contributed by atoms with van der Waals surface area (Å²) in [7, 11) is 0. The smallest absolute Gasteiger partial charge is 0.135 e. The van der Waals surface area contributed by atoms with Gasteiger partial charge in [0.1, 0.15) is 23.3 Å². The number of hydrogen-bond donors (Lipinski definition) is 1. The fourth-order valence-electron chi connectivity index (χ4n) is 2.42. The molecule has 0 radical (unpaired) electrons. The Balaban J connectivity index is 2.00. The van der Waals surface area contributed by atoms with Gasteiger partial charge in [0.15, 0.2) is 0 Å². The van der Waals surface area contributed by atoms with E-state index in [1.165, 1.54) is 6.33 Å². The fraction of sp³-hybridized carbons (Fsp3) is 0. The number of para-hydroxylation sites is 1. The van der Waals surface area contributed by atoms with Crippen molar-refractivity contribution >= 4 is 27.8 Å². The van der Waals surface area contributed by atoms with Gasteiger partial charge in [0, 0.05) is 22.4 Å². The molecule has 4 rings (SSSR count). The summed E-state index contributed by atoms with van der Waals surface area (Å²) in [5, 5.41) is 2.18. The van der Waals surface area contributed by atoms with Crippen molar-refractivity contribution in [2.24, 2.45) is 0 Å². The molecular formula is C16H11N3O. The number of benzene rings is 2. The van der Waals surface area contributed by atoms with Crippen LogP contribution in [0.2, 0.25) is 0 Å². The molecule has 4 nitrogen and oxygen atoms in total. The molecule has 20 heavy (non-hydrogen) atoms. The summed E-state index contributed by atoms with van der Waals surface area (Å²) < 4.78 is 5.81. The Morgan fingerprint density at radius 3 is 2.60 bits per heavy atom. The molecule has 0 unspecified atom stereocenters. The van der Waals surface area contributed by atoms with Gasteiger partial charge in [0.2, 0.25) is 0 Å². The summed E-state index contributed by atoms with van der Waals surface area (Å²) >= 11 is 0. The normalized spacial score (nSPS) is 11.2. The molecule has 2 aromatic heterocycles. The fourth-order valence-corrected chi connectivity index (χ4v) is 2.42. The molecule has 0 aliphatic heterocycles. The first-order valence-electron chi connectivity index (χ1n) is 6.30. The second-order valence-corrected chi connectivity index (χ2v) is 4.64. The maximum atomic E-state index is 5.81. The van der Waals surface area contributed by atoms with E-state index >= 15 is 0 Å². The first-order chi connectivity index (χ1) is 9.81. The molecule has 2 N–H and O–H groups in total. The Morgan fingerprint density at radius 2 is 1.70 bits per heavy atom. The van der Waals surface area contributed by atoms with E-state index in [-0.39, 0.29) is 0 Å². The minimum atomic E-state index is 0.465. The Labute approximate surface area is 114 Å². The lowest BCUT2D eigenvalue weighted by Gasteiger charge is -2.01. The lowest BCUT2D eigenvalue weighted by atomic mass is 10.1. The molecule has 0 bridgehead atoms. The third kappa shape index (κ3) is 1.62. The summed E-state index contributed by atoms with van der Waals surface area (Å²) in [6, 6.07) is 15.8. The van der Waals surface area contributed by atoms with E-state index in [0.29, 0.717) is 5.82 Å². The maximum absolute atomic E-state index is 5.81. The van der Waals surface area contributed by atoms with Crippen molar-refractivity contribution in [1.82, 2.24) is 9.97 Å². The van der Waals surface area contributed by atoms with Gasteiger partial charge in [0.25, 0.3) is 0 Å². The molecule has 4 aromatic rings. The van der Waals surface area contributed by atoms with Gasteiger partial charge in [-0.05, 0) is 24.3 Å². The summed E-state index contributed by atoms with van der Waals surface area (Å²) in [4.78, 5) is 8.18. The van der Waals surface area contributed by atoms with Crippen LogP contribution in [-0.4, -0.2) is 9.97 Å². The first kappa shape index (κ1) is 11.0.